The molecule has 13 heteroatoms. The molecule has 3 fully saturated rings. The first-order valence-corrected chi connectivity index (χ1v) is 11.0. The number of morpholine rings is 1. The molecular formula is C22H25F6N3O4. The molecule has 0 saturated carbocycles. The fourth-order valence-electron chi connectivity index (χ4n) is 4.46. The number of amides is 3. The van der Waals surface area contributed by atoms with Crippen LogP contribution in [-0.2, 0) is 26.8 Å². The van der Waals surface area contributed by atoms with Crippen LogP contribution in [0.25, 0.3) is 0 Å². The zero-order chi connectivity index (χ0) is 25.8. The molecule has 1 N–H and O–H groups in total. The molecule has 3 heterocycles. The number of halogens is 6. The number of hydrogen-bond acceptors (Lipinski definition) is 4. The van der Waals surface area contributed by atoms with Crippen molar-refractivity contribution in [2.45, 2.75) is 56.2 Å². The van der Waals surface area contributed by atoms with E-state index in [-0.39, 0.29) is 31.2 Å². The van der Waals surface area contributed by atoms with Gasteiger partial charge in [0, 0.05) is 31.1 Å². The summed E-state index contributed by atoms with van der Waals surface area (Å²) in [6.45, 7) is 0.188. The van der Waals surface area contributed by atoms with Crippen molar-refractivity contribution in [1.29, 1.82) is 0 Å². The SMILES string of the molecule is CC(F)(F)c1ccc(COC2(C(F)(F)F)CN(C(=O)N3CC[C@]4(C)OCC(=O)N[C@@H]4C3)C2)c(F)c1. The van der Waals surface area contributed by atoms with Crippen molar-refractivity contribution in [1.82, 2.24) is 15.1 Å². The maximum Gasteiger partial charge on any atom is 0.420 e. The van der Waals surface area contributed by atoms with Crippen molar-refractivity contribution >= 4 is 11.9 Å². The van der Waals surface area contributed by atoms with Crippen molar-refractivity contribution < 1.29 is 45.4 Å². The predicted octanol–water partition coefficient (Wildman–Crippen LogP) is 3.17. The van der Waals surface area contributed by atoms with Crippen LogP contribution in [0.15, 0.2) is 18.2 Å². The number of urea groups is 1. The first kappa shape index (κ1) is 25.5. The standard InChI is InChI=1S/C22H25F6N3O4/c1-19-5-6-30(8-16(19)29-17(32)10-34-19)18(33)31-11-21(12-31,22(26,27)28)35-9-13-3-4-14(7-15(13)23)20(2,24)25/h3-4,7,16H,5-6,8-12H2,1-2H3,(H,29,32)/t16-,19+/m1/s1. The summed E-state index contributed by atoms with van der Waals surface area (Å²) in [5.41, 5.74) is -4.30. The second-order valence-electron chi connectivity index (χ2n) is 9.53. The van der Waals surface area contributed by atoms with Crippen molar-refractivity contribution in [3.63, 3.8) is 0 Å². The number of benzene rings is 1. The highest BCUT2D eigenvalue weighted by atomic mass is 19.4. The number of piperidine rings is 1. The first-order chi connectivity index (χ1) is 16.1. The number of nitrogens with zero attached hydrogens (tertiary/aromatic N) is 2. The van der Waals surface area contributed by atoms with Gasteiger partial charge < -0.3 is 24.6 Å². The molecule has 3 aliphatic heterocycles. The molecular weight excluding hydrogens is 484 g/mol. The molecule has 194 valence electrons. The fraction of sp³-hybridized carbons (Fsp3) is 0.636. The molecule has 7 nitrogen and oxygen atoms in total. The van der Waals surface area contributed by atoms with Crippen LogP contribution in [0.4, 0.5) is 31.1 Å². The number of rotatable bonds is 4. The minimum atomic E-state index is -4.86. The third-order valence-electron chi connectivity index (χ3n) is 6.90. The molecule has 0 aromatic heterocycles. The topological polar surface area (TPSA) is 71.1 Å². The van der Waals surface area contributed by atoms with Crippen LogP contribution < -0.4 is 5.32 Å². The van der Waals surface area contributed by atoms with Crippen molar-refractivity contribution in [2.75, 3.05) is 32.8 Å². The molecule has 0 aliphatic carbocycles. The normalized spacial score (nSPS) is 26.6. The van der Waals surface area contributed by atoms with E-state index in [1.165, 1.54) is 4.90 Å². The monoisotopic (exact) mass is 509 g/mol. The predicted molar refractivity (Wildman–Crippen MR) is 109 cm³/mol. The average Bonchev–Trinajstić information content (AvgIpc) is 2.72. The van der Waals surface area contributed by atoms with Gasteiger partial charge in [-0.1, -0.05) is 12.1 Å². The first-order valence-electron chi connectivity index (χ1n) is 11.0. The zero-order valence-corrected chi connectivity index (χ0v) is 19.1. The minimum Gasteiger partial charge on any atom is -0.363 e. The molecule has 0 spiro atoms. The molecule has 0 bridgehead atoms. The van der Waals surface area contributed by atoms with Crippen molar-refractivity contribution in [3.05, 3.63) is 35.1 Å². The van der Waals surface area contributed by atoms with Crippen LogP contribution in [0, 0.1) is 5.82 Å². The summed E-state index contributed by atoms with van der Waals surface area (Å²) >= 11 is 0. The Labute approximate surface area is 197 Å². The fourth-order valence-corrected chi connectivity index (χ4v) is 4.46. The van der Waals surface area contributed by atoms with Gasteiger partial charge in [-0.05, 0) is 19.4 Å². The number of fused-ring (bicyclic) bond motifs is 1. The van der Waals surface area contributed by atoms with E-state index in [1.807, 2.05) is 0 Å². The van der Waals surface area contributed by atoms with Gasteiger partial charge in [0.1, 0.15) is 12.4 Å². The lowest BCUT2D eigenvalue weighted by atomic mass is 9.86. The third kappa shape index (κ3) is 4.80. The molecule has 1 aromatic rings. The highest BCUT2D eigenvalue weighted by molar-refractivity contribution is 5.79. The van der Waals surface area contributed by atoms with Crippen LogP contribution >= 0.6 is 0 Å². The molecule has 3 saturated heterocycles. The van der Waals surface area contributed by atoms with Gasteiger partial charge in [-0.3, -0.25) is 4.79 Å². The van der Waals surface area contributed by atoms with E-state index < -0.39 is 66.5 Å². The van der Waals surface area contributed by atoms with Crippen molar-refractivity contribution in [3.8, 4) is 0 Å². The Hall–Kier alpha value is -2.54. The van der Waals surface area contributed by atoms with Crippen LogP contribution in [0.5, 0.6) is 0 Å². The van der Waals surface area contributed by atoms with E-state index in [1.54, 1.807) is 6.92 Å². The van der Waals surface area contributed by atoms with E-state index in [0.717, 1.165) is 17.0 Å². The van der Waals surface area contributed by atoms with Crippen LogP contribution in [0.1, 0.15) is 31.4 Å². The summed E-state index contributed by atoms with van der Waals surface area (Å²) in [6, 6.07) is 1.31. The van der Waals surface area contributed by atoms with Crippen LogP contribution in [-0.4, -0.2) is 77.9 Å². The molecule has 3 amide bonds. The summed E-state index contributed by atoms with van der Waals surface area (Å²) in [5, 5.41) is 2.75. The van der Waals surface area contributed by atoms with E-state index >= 15 is 0 Å². The molecule has 0 radical (unpaired) electrons. The van der Waals surface area contributed by atoms with Gasteiger partial charge in [-0.15, -0.1) is 0 Å². The molecule has 0 unspecified atom stereocenters. The minimum absolute atomic E-state index is 0.0804. The van der Waals surface area contributed by atoms with E-state index in [9.17, 15) is 35.9 Å². The maximum atomic E-state index is 14.2. The Bertz CT molecular complexity index is 1010. The Balaban J connectivity index is 1.40. The van der Waals surface area contributed by atoms with Gasteiger partial charge in [0.15, 0.2) is 5.60 Å². The number of carbonyl (C=O) groups excluding carboxylic acids is 2. The smallest absolute Gasteiger partial charge is 0.363 e. The second-order valence-corrected chi connectivity index (χ2v) is 9.53. The number of alkyl halides is 5. The number of carbonyl (C=O) groups is 2. The second kappa shape index (κ2) is 8.54. The lowest BCUT2D eigenvalue weighted by Crippen LogP contribution is -2.74. The highest BCUT2D eigenvalue weighted by Crippen LogP contribution is 2.42. The number of ether oxygens (including phenoxy) is 2. The quantitative estimate of drug-likeness (QED) is 0.634. The average molecular weight is 509 g/mol. The number of likely N-dealkylation sites (tertiary alicyclic amines) is 2. The summed E-state index contributed by atoms with van der Waals surface area (Å²) < 4.78 is 93.1. The lowest BCUT2D eigenvalue weighted by Gasteiger charge is -2.53. The molecule has 35 heavy (non-hydrogen) atoms. The lowest BCUT2D eigenvalue weighted by molar-refractivity contribution is -0.316. The van der Waals surface area contributed by atoms with E-state index in [4.69, 9.17) is 9.47 Å². The van der Waals surface area contributed by atoms with Crippen molar-refractivity contribution in [2.24, 2.45) is 0 Å². The van der Waals surface area contributed by atoms with Gasteiger partial charge in [0.05, 0.1) is 31.3 Å². The van der Waals surface area contributed by atoms with Gasteiger partial charge in [-0.25, -0.2) is 18.0 Å². The number of hydrogen-bond donors (Lipinski definition) is 1. The van der Waals surface area contributed by atoms with Gasteiger partial charge in [-0.2, -0.15) is 13.2 Å². The molecule has 4 rings (SSSR count). The van der Waals surface area contributed by atoms with Gasteiger partial charge in [0.2, 0.25) is 5.91 Å². The molecule has 1 aromatic carbocycles. The summed E-state index contributed by atoms with van der Waals surface area (Å²) in [7, 11) is 0. The highest BCUT2D eigenvalue weighted by Gasteiger charge is 2.65. The van der Waals surface area contributed by atoms with Crippen LogP contribution in [0.2, 0.25) is 0 Å². The summed E-state index contributed by atoms with van der Waals surface area (Å²) in [5.74, 6) is -4.75. The van der Waals surface area contributed by atoms with Crippen LogP contribution in [0.3, 0.4) is 0 Å². The van der Waals surface area contributed by atoms with E-state index in [2.05, 4.69) is 5.32 Å². The van der Waals surface area contributed by atoms with Gasteiger partial charge >= 0.3 is 12.2 Å². The Morgan fingerprint density at radius 2 is 1.91 bits per heavy atom. The Morgan fingerprint density at radius 1 is 1.23 bits per heavy atom. The zero-order valence-electron chi connectivity index (χ0n) is 19.1. The summed E-state index contributed by atoms with van der Waals surface area (Å²) in [6.07, 6.45) is -4.47. The third-order valence-corrected chi connectivity index (χ3v) is 6.90. The van der Waals surface area contributed by atoms with Gasteiger partial charge in [0.25, 0.3) is 5.92 Å². The maximum absolute atomic E-state index is 14.2. The molecule has 3 aliphatic rings. The number of nitrogens with one attached hydrogen (secondary N) is 1. The largest absolute Gasteiger partial charge is 0.420 e. The molecule has 2 atom stereocenters. The summed E-state index contributed by atoms with van der Waals surface area (Å²) in [4.78, 5) is 26.8. The Morgan fingerprint density at radius 3 is 2.51 bits per heavy atom. The van der Waals surface area contributed by atoms with E-state index in [0.29, 0.717) is 19.4 Å². The Kier molecular flexibility index (Phi) is 6.23.